The highest BCUT2D eigenvalue weighted by molar-refractivity contribution is 5.27. The first kappa shape index (κ1) is 13.1. The van der Waals surface area contributed by atoms with Crippen molar-refractivity contribution < 1.29 is 9.84 Å². The third kappa shape index (κ3) is 3.10. The standard InChI is InChI=1S/C13H21N3O2/c1-18-11-5-8-14-12(16-11)15-9-13(10-17)6-3-2-4-7-13/h5,8,17H,2-4,6-7,9-10H2,1H3,(H,14,15,16). The molecule has 2 N–H and O–H groups in total. The molecule has 100 valence electrons. The summed E-state index contributed by atoms with van der Waals surface area (Å²) in [7, 11) is 1.59. The Morgan fingerprint density at radius 3 is 2.83 bits per heavy atom. The summed E-state index contributed by atoms with van der Waals surface area (Å²) >= 11 is 0. The van der Waals surface area contributed by atoms with E-state index in [2.05, 4.69) is 15.3 Å². The molecule has 1 aliphatic carbocycles. The number of nitrogens with zero attached hydrogens (tertiary/aromatic N) is 2. The Balaban J connectivity index is 1.96. The molecule has 5 heteroatoms. The predicted octanol–water partition coefficient (Wildman–Crippen LogP) is 1.84. The highest BCUT2D eigenvalue weighted by atomic mass is 16.5. The fraction of sp³-hybridized carbons (Fsp3) is 0.692. The summed E-state index contributed by atoms with van der Waals surface area (Å²) in [5, 5.41) is 12.8. The summed E-state index contributed by atoms with van der Waals surface area (Å²) < 4.78 is 5.06. The number of anilines is 1. The number of methoxy groups -OCH3 is 1. The van der Waals surface area contributed by atoms with Crippen LogP contribution >= 0.6 is 0 Å². The van der Waals surface area contributed by atoms with Crippen LogP contribution in [0.2, 0.25) is 0 Å². The maximum absolute atomic E-state index is 9.61. The quantitative estimate of drug-likeness (QED) is 0.835. The molecule has 18 heavy (non-hydrogen) atoms. The van der Waals surface area contributed by atoms with Crippen molar-refractivity contribution in [2.45, 2.75) is 32.1 Å². The van der Waals surface area contributed by atoms with Crippen molar-refractivity contribution in [3.63, 3.8) is 0 Å². The number of ether oxygens (including phenoxy) is 1. The van der Waals surface area contributed by atoms with E-state index in [4.69, 9.17) is 4.74 Å². The van der Waals surface area contributed by atoms with Crippen molar-refractivity contribution in [2.24, 2.45) is 5.41 Å². The van der Waals surface area contributed by atoms with E-state index in [1.165, 1.54) is 19.3 Å². The van der Waals surface area contributed by atoms with Crippen molar-refractivity contribution in [3.05, 3.63) is 12.3 Å². The highest BCUT2D eigenvalue weighted by Crippen LogP contribution is 2.35. The van der Waals surface area contributed by atoms with Crippen LogP contribution in [-0.4, -0.2) is 35.3 Å². The first-order valence-corrected chi connectivity index (χ1v) is 6.50. The molecule has 1 heterocycles. The molecular weight excluding hydrogens is 230 g/mol. The van der Waals surface area contributed by atoms with Crippen LogP contribution in [0.4, 0.5) is 5.95 Å². The van der Waals surface area contributed by atoms with Crippen LogP contribution in [0.15, 0.2) is 12.3 Å². The van der Waals surface area contributed by atoms with E-state index in [-0.39, 0.29) is 12.0 Å². The summed E-state index contributed by atoms with van der Waals surface area (Å²) in [6.07, 6.45) is 7.47. The van der Waals surface area contributed by atoms with Crippen LogP contribution in [0.1, 0.15) is 32.1 Å². The summed E-state index contributed by atoms with van der Waals surface area (Å²) in [5.41, 5.74) is -0.00924. The maximum Gasteiger partial charge on any atom is 0.225 e. The Kier molecular flexibility index (Phi) is 4.36. The molecule has 0 atom stereocenters. The number of aliphatic hydroxyl groups is 1. The average Bonchev–Trinajstić information content (AvgIpc) is 2.46. The smallest absolute Gasteiger partial charge is 0.225 e. The number of aromatic nitrogens is 2. The maximum atomic E-state index is 9.61. The average molecular weight is 251 g/mol. The van der Waals surface area contributed by atoms with Crippen LogP contribution in [0.5, 0.6) is 5.88 Å². The summed E-state index contributed by atoms with van der Waals surface area (Å²) in [4.78, 5) is 8.37. The molecule has 5 nitrogen and oxygen atoms in total. The molecule has 0 bridgehead atoms. The highest BCUT2D eigenvalue weighted by Gasteiger charge is 2.31. The van der Waals surface area contributed by atoms with Crippen LogP contribution in [0.25, 0.3) is 0 Å². The minimum absolute atomic E-state index is 0.00924. The summed E-state index contributed by atoms with van der Waals surface area (Å²) in [5.74, 6) is 1.11. The van der Waals surface area contributed by atoms with Crippen LogP contribution in [0.3, 0.4) is 0 Å². The van der Waals surface area contributed by atoms with Crippen molar-refractivity contribution >= 4 is 5.95 Å². The van der Waals surface area contributed by atoms with E-state index in [1.807, 2.05) is 0 Å². The largest absolute Gasteiger partial charge is 0.481 e. The topological polar surface area (TPSA) is 67.3 Å². The van der Waals surface area contributed by atoms with Crippen molar-refractivity contribution in [2.75, 3.05) is 25.6 Å². The van der Waals surface area contributed by atoms with E-state index in [0.29, 0.717) is 11.8 Å². The number of hydrogen-bond donors (Lipinski definition) is 2. The molecule has 2 rings (SSSR count). The summed E-state index contributed by atoms with van der Waals surface area (Å²) in [6.45, 7) is 0.945. The van der Waals surface area contributed by atoms with Crippen molar-refractivity contribution in [1.29, 1.82) is 0 Å². The van der Waals surface area contributed by atoms with Gasteiger partial charge in [0.15, 0.2) is 0 Å². The lowest BCUT2D eigenvalue weighted by Gasteiger charge is -2.35. The molecule has 0 saturated heterocycles. The Labute approximate surface area is 108 Å². The molecule has 0 radical (unpaired) electrons. The SMILES string of the molecule is COc1ccnc(NCC2(CO)CCCCC2)n1. The van der Waals surface area contributed by atoms with Crippen molar-refractivity contribution in [1.82, 2.24) is 9.97 Å². The van der Waals surface area contributed by atoms with Gasteiger partial charge in [0.25, 0.3) is 0 Å². The molecule has 0 aromatic carbocycles. The zero-order valence-electron chi connectivity index (χ0n) is 10.9. The molecule has 0 spiro atoms. The fourth-order valence-corrected chi connectivity index (χ4v) is 2.50. The molecule has 1 aliphatic rings. The molecule has 1 aromatic rings. The van der Waals surface area contributed by atoms with E-state index >= 15 is 0 Å². The van der Waals surface area contributed by atoms with Gasteiger partial charge >= 0.3 is 0 Å². The third-order valence-corrected chi connectivity index (χ3v) is 3.71. The molecule has 1 saturated carbocycles. The minimum atomic E-state index is -0.00924. The van der Waals surface area contributed by atoms with Gasteiger partial charge in [0.1, 0.15) is 0 Å². The summed E-state index contributed by atoms with van der Waals surface area (Å²) in [6, 6.07) is 1.72. The first-order valence-electron chi connectivity index (χ1n) is 6.50. The lowest BCUT2D eigenvalue weighted by atomic mass is 9.74. The van der Waals surface area contributed by atoms with E-state index in [0.717, 1.165) is 19.4 Å². The molecule has 0 aliphatic heterocycles. The van der Waals surface area contributed by atoms with Crippen LogP contribution in [0, 0.1) is 5.41 Å². The molecule has 0 amide bonds. The molecular formula is C13H21N3O2. The van der Waals surface area contributed by atoms with Gasteiger partial charge in [-0.3, -0.25) is 0 Å². The van der Waals surface area contributed by atoms with Crippen LogP contribution in [-0.2, 0) is 0 Å². The molecule has 1 aromatic heterocycles. The lowest BCUT2D eigenvalue weighted by molar-refractivity contribution is 0.0942. The van der Waals surface area contributed by atoms with E-state index in [9.17, 15) is 5.11 Å². The molecule has 1 fully saturated rings. The van der Waals surface area contributed by atoms with Gasteiger partial charge in [0, 0.05) is 24.2 Å². The fourth-order valence-electron chi connectivity index (χ4n) is 2.50. The first-order chi connectivity index (χ1) is 8.78. The van der Waals surface area contributed by atoms with Gasteiger partial charge in [-0.05, 0) is 12.8 Å². The van der Waals surface area contributed by atoms with Gasteiger partial charge in [-0.1, -0.05) is 19.3 Å². The van der Waals surface area contributed by atoms with Crippen molar-refractivity contribution in [3.8, 4) is 5.88 Å². The third-order valence-electron chi connectivity index (χ3n) is 3.71. The Bertz CT molecular complexity index is 378. The lowest BCUT2D eigenvalue weighted by Crippen LogP contribution is -2.35. The Hall–Kier alpha value is -1.36. The number of hydrogen-bond acceptors (Lipinski definition) is 5. The van der Waals surface area contributed by atoms with Crippen LogP contribution < -0.4 is 10.1 Å². The zero-order chi connectivity index (χ0) is 12.8. The normalized spacial score (nSPS) is 18.3. The van der Waals surface area contributed by atoms with Gasteiger partial charge < -0.3 is 15.2 Å². The number of rotatable bonds is 5. The van der Waals surface area contributed by atoms with Gasteiger partial charge in [-0.15, -0.1) is 0 Å². The monoisotopic (exact) mass is 251 g/mol. The Morgan fingerprint density at radius 1 is 1.39 bits per heavy atom. The second-order valence-corrected chi connectivity index (χ2v) is 4.99. The van der Waals surface area contributed by atoms with Gasteiger partial charge in [0.05, 0.1) is 13.7 Å². The second-order valence-electron chi connectivity index (χ2n) is 4.99. The number of aliphatic hydroxyl groups excluding tert-OH is 1. The zero-order valence-corrected chi connectivity index (χ0v) is 10.9. The van der Waals surface area contributed by atoms with E-state index in [1.54, 1.807) is 19.4 Å². The van der Waals surface area contributed by atoms with Gasteiger partial charge in [0.2, 0.25) is 11.8 Å². The predicted molar refractivity (Wildman–Crippen MR) is 69.7 cm³/mol. The number of nitrogens with one attached hydrogen (secondary N) is 1. The Morgan fingerprint density at radius 2 is 2.17 bits per heavy atom. The van der Waals surface area contributed by atoms with Gasteiger partial charge in [-0.25, -0.2) is 4.98 Å². The molecule has 0 unspecified atom stereocenters. The van der Waals surface area contributed by atoms with E-state index < -0.39 is 0 Å². The van der Waals surface area contributed by atoms with Gasteiger partial charge in [-0.2, -0.15) is 4.98 Å². The minimum Gasteiger partial charge on any atom is -0.481 e. The second kappa shape index (κ2) is 6.00.